The standard InChI is InChI=1S/C9H14N4O2S/c10-8-3-4-9(11-7-8)12-16(14,15)13-5-1-2-6-13/h3-4,7H,1-2,5-6,10H2,(H,11,12). The molecule has 1 fully saturated rings. The van der Waals surface area contributed by atoms with E-state index in [1.165, 1.54) is 10.5 Å². The van der Waals surface area contributed by atoms with E-state index in [9.17, 15) is 8.42 Å². The molecule has 1 aromatic rings. The fourth-order valence-electron chi connectivity index (χ4n) is 1.59. The topological polar surface area (TPSA) is 88.3 Å². The molecular weight excluding hydrogens is 228 g/mol. The zero-order valence-corrected chi connectivity index (χ0v) is 9.57. The summed E-state index contributed by atoms with van der Waals surface area (Å²) in [6.07, 6.45) is 3.24. The first-order chi connectivity index (χ1) is 7.58. The van der Waals surface area contributed by atoms with Crippen molar-refractivity contribution in [2.75, 3.05) is 23.5 Å². The Hall–Kier alpha value is -1.34. The van der Waals surface area contributed by atoms with Crippen LogP contribution in [0.4, 0.5) is 11.5 Å². The van der Waals surface area contributed by atoms with Gasteiger partial charge in [-0.3, -0.25) is 4.72 Å². The van der Waals surface area contributed by atoms with Crippen LogP contribution in [0, 0.1) is 0 Å². The lowest BCUT2D eigenvalue weighted by Gasteiger charge is -2.16. The number of nitrogens with two attached hydrogens (primary N) is 1. The molecule has 0 aliphatic carbocycles. The van der Waals surface area contributed by atoms with E-state index in [0.717, 1.165) is 12.8 Å². The van der Waals surface area contributed by atoms with Gasteiger partial charge in [0.1, 0.15) is 5.82 Å². The lowest BCUT2D eigenvalue weighted by molar-refractivity contribution is 0.482. The Morgan fingerprint density at radius 3 is 2.56 bits per heavy atom. The van der Waals surface area contributed by atoms with E-state index in [-0.39, 0.29) is 0 Å². The highest BCUT2D eigenvalue weighted by Gasteiger charge is 2.25. The third-order valence-electron chi connectivity index (χ3n) is 2.42. The molecule has 0 radical (unpaired) electrons. The number of pyridine rings is 1. The molecule has 2 heterocycles. The first-order valence-electron chi connectivity index (χ1n) is 5.07. The molecule has 0 unspecified atom stereocenters. The number of hydrogen-bond acceptors (Lipinski definition) is 4. The van der Waals surface area contributed by atoms with Crippen LogP contribution < -0.4 is 10.5 Å². The maximum absolute atomic E-state index is 11.8. The van der Waals surface area contributed by atoms with Crippen LogP contribution in [-0.2, 0) is 10.2 Å². The summed E-state index contributed by atoms with van der Waals surface area (Å²) in [7, 11) is -3.45. The van der Waals surface area contributed by atoms with Crippen molar-refractivity contribution in [3.8, 4) is 0 Å². The van der Waals surface area contributed by atoms with Crippen molar-refractivity contribution in [3.05, 3.63) is 18.3 Å². The number of nitrogens with zero attached hydrogens (tertiary/aromatic N) is 2. The maximum Gasteiger partial charge on any atom is 0.302 e. The van der Waals surface area contributed by atoms with Crippen molar-refractivity contribution in [2.24, 2.45) is 0 Å². The Balaban J connectivity index is 2.11. The first-order valence-corrected chi connectivity index (χ1v) is 6.51. The molecule has 0 spiro atoms. The molecule has 7 heteroatoms. The van der Waals surface area contributed by atoms with Crippen LogP contribution in [0.5, 0.6) is 0 Å². The van der Waals surface area contributed by atoms with Crippen molar-refractivity contribution < 1.29 is 8.42 Å². The van der Waals surface area contributed by atoms with E-state index in [4.69, 9.17) is 5.73 Å². The van der Waals surface area contributed by atoms with Crippen molar-refractivity contribution >= 4 is 21.7 Å². The zero-order chi connectivity index (χ0) is 11.6. The molecule has 1 aliphatic heterocycles. The average Bonchev–Trinajstić information content (AvgIpc) is 2.75. The summed E-state index contributed by atoms with van der Waals surface area (Å²) in [5, 5.41) is 0. The van der Waals surface area contributed by atoms with E-state index in [1.54, 1.807) is 12.1 Å². The number of anilines is 2. The lowest BCUT2D eigenvalue weighted by atomic mass is 10.4. The van der Waals surface area contributed by atoms with Crippen LogP contribution in [0.15, 0.2) is 18.3 Å². The fourth-order valence-corrected chi connectivity index (χ4v) is 2.84. The van der Waals surface area contributed by atoms with Gasteiger partial charge >= 0.3 is 10.2 Å². The molecule has 0 amide bonds. The average molecular weight is 242 g/mol. The molecule has 3 N–H and O–H groups in total. The van der Waals surface area contributed by atoms with E-state index in [2.05, 4.69) is 9.71 Å². The van der Waals surface area contributed by atoms with Gasteiger partial charge in [0.05, 0.1) is 11.9 Å². The van der Waals surface area contributed by atoms with Crippen molar-refractivity contribution in [1.29, 1.82) is 0 Å². The minimum atomic E-state index is -3.45. The van der Waals surface area contributed by atoms with Crippen LogP contribution in [0.2, 0.25) is 0 Å². The van der Waals surface area contributed by atoms with Gasteiger partial charge in [0.15, 0.2) is 0 Å². The number of nitrogens with one attached hydrogen (secondary N) is 1. The van der Waals surface area contributed by atoms with Gasteiger partial charge in [-0.15, -0.1) is 0 Å². The predicted octanol–water partition coefficient (Wildman–Crippen LogP) is 0.416. The van der Waals surface area contributed by atoms with Crippen LogP contribution in [0.3, 0.4) is 0 Å². The number of nitrogen functional groups attached to an aromatic ring is 1. The molecule has 88 valence electrons. The smallest absolute Gasteiger partial charge is 0.302 e. The third-order valence-corrected chi connectivity index (χ3v) is 3.94. The van der Waals surface area contributed by atoms with E-state index in [0.29, 0.717) is 24.6 Å². The molecule has 6 nitrogen and oxygen atoms in total. The monoisotopic (exact) mass is 242 g/mol. The second kappa shape index (κ2) is 4.26. The fraction of sp³-hybridized carbons (Fsp3) is 0.444. The highest BCUT2D eigenvalue weighted by Crippen LogP contribution is 2.15. The highest BCUT2D eigenvalue weighted by atomic mass is 32.2. The van der Waals surface area contributed by atoms with Gasteiger partial charge in [-0.25, -0.2) is 4.98 Å². The minimum Gasteiger partial charge on any atom is -0.397 e. The SMILES string of the molecule is Nc1ccc(NS(=O)(=O)N2CCCC2)nc1. The van der Waals surface area contributed by atoms with E-state index in [1.807, 2.05) is 0 Å². The van der Waals surface area contributed by atoms with Crippen LogP contribution in [0.1, 0.15) is 12.8 Å². The van der Waals surface area contributed by atoms with Gasteiger partial charge < -0.3 is 5.73 Å². The summed E-state index contributed by atoms with van der Waals surface area (Å²) in [4.78, 5) is 3.89. The Labute approximate surface area is 94.7 Å². The lowest BCUT2D eigenvalue weighted by Crippen LogP contribution is -2.33. The van der Waals surface area contributed by atoms with E-state index < -0.39 is 10.2 Å². The molecule has 0 atom stereocenters. The molecule has 0 aromatic carbocycles. The molecule has 0 saturated carbocycles. The highest BCUT2D eigenvalue weighted by molar-refractivity contribution is 7.90. The van der Waals surface area contributed by atoms with Crippen LogP contribution in [0.25, 0.3) is 0 Å². The molecule has 16 heavy (non-hydrogen) atoms. The van der Waals surface area contributed by atoms with Crippen LogP contribution in [-0.4, -0.2) is 30.8 Å². The van der Waals surface area contributed by atoms with E-state index >= 15 is 0 Å². The molecule has 1 aromatic heterocycles. The maximum atomic E-state index is 11.8. The summed E-state index contributed by atoms with van der Waals surface area (Å²) >= 11 is 0. The largest absolute Gasteiger partial charge is 0.397 e. The Kier molecular flexibility index (Phi) is 2.97. The van der Waals surface area contributed by atoms with Crippen molar-refractivity contribution in [3.63, 3.8) is 0 Å². The van der Waals surface area contributed by atoms with Gasteiger partial charge in [0.25, 0.3) is 0 Å². The summed E-state index contributed by atoms with van der Waals surface area (Å²) in [5.41, 5.74) is 5.97. The van der Waals surface area contributed by atoms with Crippen molar-refractivity contribution in [2.45, 2.75) is 12.8 Å². The molecule has 1 saturated heterocycles. The first kappa shape index (κ1) is 11.2. The normalized spacial score (nSPS) is 17.5. The third kappa shape index (κ3) is 2.42. The van der Waals surface area contributed by atoms with Gasteiger partial charge in [-0.2, -0.15) is 12.7 Å². The Bertz CT molecular complexity index is 451. The Morgan fingerprint density at radius 2 is 2.00 bits per heavy atom. The van der Waals surface area contributed by atoms with Crippen molar-refractivity contribution in [1.82, 2.24) is 9.29 Å². The second-order valence-corrected chi connectivity index (χ2v) is 5.36. The summed E-state index contributed by atoms with van der Waals surface area (Å²) in [6.45, 7) is 1.15. The summed E-state index contributed by atoms with van der Waals surface area (Å²) in [6, 6.07) is 3.15. The number of rotatable bonds is 3. The number of aromatic nitrogens is 1. The molecule has 0 bridgehead atoms. The molecular formula is C9H14N4O2S. The molecule has 1 aliphatic rings. The second-order valence-electron chi connectivity index (χ2n) is 3.69. The van der Waals surface area contributed by atoms with Gasteiger partial charge in [0, 0.05) is 13.1 Å². The number of hydrogen-bond donors (Lipinski definition) is 2. The minimum absolute atomic E-state index is 0.293. The predicted molar refractivity (Wildman–Crippen MR) is 62.0 cm³/mol. The van der Waals surface area contributed by atoms with Gasteiger partial charge in [-0.1, -0.05) is 0 Å². The zero-order valence-electron chi connectivity index (χ0n) is 8.76. The molecule has 2 rings (SSSR count). The van der Waals surface area contributed by atoms with Gasteiger partial charge in [-0.05, 0) is 25.0 Å². The van der Waals surface area contributed by atoms with Gasteiger partial charge in [0.2, 0.25) is 0 Å². The summed E-state index contributed by atoms with van der Waals surface area (Å²) in [5.74, 6) is 0.293. The van der Waals surface area contributed by atoms with Crippen LogP contribution >= 0.6 is 0 Å². The quantitative estimate of drug-likeness (QED) is 0.803. The Morgan fingerprint density at radius 1 is 1.31 bits per heavy atom. The summed E-state index contributed by atoms with van der Waals surface area (Å²) < 4.78 is 27.5.